The van der Waals surface area contributed by atoms with Crippen molar-refractivity contribution in [2.45, 2.75) is 26.9 Å². The van der Waals surface area contributed by atoms with Crippen molar-refractivity contribution in [2.75, 3.05) is 13.7 Å². The zero-order chi connectivity index (χ0) is 18.8. The molecule has 2 aromatic heterocycles. The summed E-state index contributed by atoms with van der Waals surface area (Å²) in [5.41, 5.74) is 2.74. The molecule has 26 heavy (non-hydrogen) atoms. The first-order chi connectivity index (χ1) is 12.4. The molecule has 1 aromatic carbocycles. The molecule has 0 spiro atoms. The molecule has 0 saturated carbocycles. The van der Waals surface area contributed by atoms with Gasteiger partial charge < -0.3 is 9.30 Å². The average molecular weight is 374 g/mol. The number of carbonyl (C=O) groups is 1. The van der Waals surface area contributed by atoms with Crippen LogP contribution >= 0.6 is 11.6 Å². The van der Waals surface area contributed by atoms with E-state index < -0.39 is 0 Å². The summed E-state index contributed by atoms with van der Waals surface area (Å²) < 4.78 is 8.48. The summed E-state index contributed by atoms with van der Waals surface area (Å²) in [5.74, 6) is -0.132. The summed E-state index contributed by atoms with van der Waals surface area (Å²) in [4.78, 5) is 29.7. The van der Waals surface area contributed by atoms with E-state index in [2.05, 4.69) is 4.98 Å². The predicted molar refractivity (Wildman–Crippen MR) is 101 cm³/mol. The summed E-state index contributed by atoms with van der Waals surface area (Å²) in [7, 11) is 1.64. The molecule has 0 fully saturated rings. The van der Waals surface area contributed by atoms with Gasteiger partial charge in [-0.25, -0.2) is 4.98 Å². The van der Waals surface area contributed by atoms with Gasteiger partial charge in [0.2, 0.25) is 0 Å². The molecule has 7 heteroatoms. The van der Waals surface area contributed by atoms with Gasteiger partial charge in [-0.15, -0.1) is 0 Å². The Morgan fingerprint density at radius 3 is 2.77 bits per heavy atom. The molecule has 3 rings (SSSR count). The molecule has 0 aliphatic rings. The number of fused-ring (bicyclic) bond motifs is 1. The number of Topliss-reactive ketones (excluding diaryl/α,β-unsaturated/α-hetero) is 1. The molecule has 0 radical (unpaired) electrons. The number of ketones is 1. The van der Waals surface area contributed by atoms with Gasteiger partial charge in [-0.2, -0.15) is 0 Å². The van der Waals surface area contributed by atoms with Gasteiger partial charge in [0, 0.05) is 35.6 Å². The third-order valence-corrected chi connectivity index (χ3v) is 4.73. The Morgan fingerprint density at radius 1 is 1.27 bits per heavy atom. The molecule has 3 aromatic rings. The number of benzene rings is 1. The molecule has 0 N–H and O–H groups in total. The molecular formula is C19H20ClN3O3. The second-order valence-corrected chi connectivity index (χ2v) is 6.63. The monoisotopic (exact) mass is 373 g/mol. The second-order valence-electron chi connectivity index (χ2n) is 6.19. The number of hydrogen-bond acceptors (Lipinski definition) is 4. The summed E-state index contributed by atoms with van der Waals surface area (Å²) in [6.45, 7) is 5.03. The second kappa shape index (κ2) is 7.43. The average Bonchev–Trinajstić information content (AvgIpc) is 2.90. The molecule has 0 aliphatic carbocycles. The van der Waals surface area contributed by atoms with Crippen LogP contribution in [0.4, 0.5) is 0 Å². The highest BCUT2D eigenvalue weighted by Gasteiger charge is 2.17. The van der Waals surface area contributed by atoms with Crippen molar-refractivity contribution in [2.24, 2.45) is 0 Å². The number of hydrogen-bond donors (Lipinski definition) is 0. The standard InChI is InChI=1S/C19H20ClN3O3/c1-12-8-15(13(2)23(12)6-7-26-3)18(24)10-22-11-21-17-5-4-14(20)9-16(17)19(22)25/h4-5,8-9,11H,6-7,10H2,1-3H3. The van der Waals surface area contributed by atoms with Crippen LogP contribution in [0.15, 0.2) is 35.4 Å². The minimum absolute atomic E-state index is 0.0666. The van der Waals surface area contributed by atoms with Gasteiger partial charge in [0.15, 0.2) is 5.78 Å². The van der Waals surface area contributed by atoms with Crippen LogP contribution in [0.3, 0.4) is 0 Å². The topological polar surface area (TPSA) is 66.1 Å². The molecule has 0 amide bonds. The Balaban J connectivity index is 1.92. The van der Waals surface area contributed by atoms with Crippen LogP contribution in [-0.4, -0.2) is 33.6 Å². The van der Waals surface area contributed by atoms with Crippen LogP contribution in [0.1, 0.15) is 21.7 Å². The predicted octanol–water partition coefficient (Wildman–Crippen LogP) is 3.00. The fraction of sp³-hybridized carbons (Fsp3) is 0.316. The number of nitrogens with zero attached hydrogens (tertiary/aromatic N) is 3. The molecule has 0 unspecified atom stereocenters. The lowest BCUT2D eigenvalue weighted by Gasteiger charge is -2.09. The van der Waals surface area contributed by atoms with E-state index in [4.69, 9.17) is 16.3 Å². The largest absolute Gasteiger partial charge is 0.383 e. The van der Waals surface area contributed by atoms with Crippen LogP contribution in [0.25, 0.3) is 10.9 Å². The fourth-order valence-electron chi connectivity index (χ4n) is 3.09. The van der Waals surface area contributed by atoms with E-state index >= 15 is 0 Å². The number of ether oxygens (including phenoxy) is 1. The Bertz CT molecular complexity index is 1040. The number of rotatable bonds is 6. The SMILES string of the molecule is COCCn1c(C)cc(C(=O)Cn2cnc3ccc(Cl)cc3c2=O)c1C. The number of aromatic nitrogens is 3. The van der Waals surface area contributed by atoms with Crippen LogP contribution in [0.2, 0.25) is 5.02 Å². The minimum atomic E-state index is -0.279. The number of methoxy groups -OCH3 is 1. The lowest BCUT2D eigenvalue weighted by atomic mass is 10.1. The maximum absolute atomic E-state index is 12.8. The lowest BCUT2D eigenvalue weighted by molar-refractivity contribution is 0.0969. The van der Waals surface area contributed by atoms with Gasteiger partial charge in [-0.1, -0.05) is 11.6 Å². The van der Waals surface area contributed by atoms with E-state index in [1.165, 1.54) is 10.9 Å². The summed E-state index contributed by atoms with van der Waals surface area (Å²) in [5, 5.41) is 0.862. The maximum atomic E-state index is 12.8. The molecule has 6 nitrogen and oxygen atoms in total. The van der Waals surface area contributed by atoms with Crippen LogP contribution in [0, 0.1) is 13.8 Å². The third-order valence-electron chi connectivity index (χ3n) is 4.49. The van der Waals surface area contributed by atoms with Gasteiger partial charge in [0.1, 0.15) is 0 Å². The number of carbonyl (C=O) groups excluding carboxylic acids is 1. The van der Waals surface area contributed by atoms with Crippen molar-refractivity contribution in [3.05, 3.63) is 62.9 Å². The zero-order valence-corrected chi connectivity index (χ0v) is 15.7. The van der Waals surface area contributed by atoms with Gasteiger partial charge in [-0.05, 0) is 38.1 Å². The quantitative estimate of drug-likeness (QED) is 0.623. The first kappa shape index (κ1) is 18.4. The third kappa shape index (κ3) is 3.43. The van der Waals surface area contributed by atoms with E-state index in [0.717, 1.165) is 11.4 Å². The Morgan fingerprint density at radius 2 is 2.04 bits per heavy atom. The summed E-state index contributed by atoms with van der Waals surface area (Å²) in [6, 6.07) is 6.79. The van der Waals surface area contributed by atoms with Crippen molar-refractivity contribution in [3.63, 3.8) is 0 Å². The Hall–Kier alpha value is -2.44. The lowest BCUT2D eigenvalue weighted by Crippen LogP contribution is -2.25. The summed E-state index contributed by atoms with van der Waals surface area (Å²) >= 11 is 5.97. The van der Waals surface area contributed by atoms with E-state index in [-0.39, 0.29) is 17.9 Å². The molecule has 0 atom stereocenters. The Kier molecular flexibility index (Phi) is 5.25. The normalized spacial score (nSPS) is 11.2. The van der Waals surface area contributed by atoms with Crippen LogP contribution < -0.4 is 5.56 Å². The van der Waals surface area contributed by atoms with Crippen molar-refractivity contribution in [1.82, 2.24) is 14.1 Å². The number of halogens is 1. The van der Waals surface area contributed by atoms with Crippen LogP contribution in [0.5, 0.6) is 0 Å². The van der Waals surface area contributed by atoms with Crippen molar-refractivity contribution in [1.29, 1.82) is 0 Å². The van der Waals surface area contributed by atoms with Crippen LogP contribution in [-0.2, 0) is 17.8 Å². The highest BCUT2D eigenvalue weighted by Crippen LogP contribution is 2.17. The summed E-state index contributed by atoms with van der Waals surface area (Å²) in [6.07, 6.45) is 1.40. The molecular weight excluding hydrogens is 354 g/mol. The molecule has 2 heterocycles. The van der Waals surface area contributed by atoms with E-state index in [1.54, 1.807) is 25.3 Å². The highest BCUT2D eigenvalue weighted by atomic mass is 35.5. The molecule has 0 aliphatic heterocycles. The zero-order valence-electron chi connectivity index (χ0n) is 15.0. The van der Waals surface area contributed by atoms with Gasteiger partial charge in [-0.3, -0.25) is 14.2 Å². The van der Waals surface area contributed by atoms with Gasteiger partial charge in [0.25, 0.3) is 5.56 Å². The first-order valence-corrected chi connectivity index (χ1v) is 8.63. The molecule has 0 bridgehead atoms. The first-order valence-electron chi connectivity index (χ1n) is 8.26. The van der Waals surface area contributed by atoms with E-state index in [1.807, 2.05) is 24.5 Å². The maximum Gasteiger partial charge on any atom is 0.261 e. The minimum Gasteiger partial charge on any atom is -0.383 e. The molecule has 0 saturated heterocycles. The van der Waals surface area contributed by atoms with Gasteiger partial charge in [0.05, 0.1) is 30.4 Å². The van der Waals surface area contributed by atoms with Crippen molar-refractivity contribution < 1.29 is 9.53 Å². The van der Waals surface area contributed by atoms with E-state index in [0.29, 0.717) is 34.6 Å². The van der Waals surface area contributed by atoms with Crippen molar-refractivity contribution >= 4 is 28.3 Å². The van der Waals surface area contributed by atoms with Crippen molar-refractivity contribution in [3.8, 4) is 0 Å². The van der Waals surface area contributed by atoms with E-state index in [9.17, 15) is 9.59 Å². The smallest absolute Gasteiger partial charge is 0.261 e. The fourth-order valence-corrected chi connectivity index (χ4v) is 3.27. The van der Waals surface area contributed by atoms with Gasteiger partial charge >= 0.3 is 0 Å². The highest BCUT2D eigenvalue weighted by molar-refractivity contribution is 6.31. The molecule has 136 valence electrons. The Labute approximate surface area is 156 Å². The number of aryl methyl sites for hydroxylation is 1.